The standard InChI is InChI=1S/C19H40S.BrH/c1-5-6-7-8-9-10-11-12-13-14-15-16-17-18(2)19(3,4)20;/h18,20H,5-17H2,1-4H3;1H. The molecule has 0 aliphatic heterocycles. The summed E-state index contributed by atoms with van der Waals surface area (Å²) in [7, 11) is 0. The molecule has 0 aromatic rings. The zero-order chi connectivity index (χ0) is 15.3. The molecule has 0 aliphatic rings. The van der Waals surface area contributed by atoms with Gasteiger partial charge in [-0.05, 0) is 12.3 Å². The maximum Gasteiger partial charge on any atom is 0.00987 e. The van der Waals surface area contributed by atoms with Crippen LogP contribution in [0.15, 0.2) is 0 Å². The van der Waals surface area contributed by atoms with Crippen LogP contribution in [-0.2, 0) is 0 Å². The average molecular weight is 382 g/mol. The van der Waals surface area contributed by atoms with Crippen molar-refractivity contribution in [1.82, 2.24) is 0 Å². The molecule has 0 radical (unpaired) electrons. The Kier molecular flexibility index (Phi) is 18.0. The van der Waals surface area contributed by atoms with Gasteiger partial charge in [-0.25, -0.2) is 0 Å². The first-order chi connectivity index (χ1) is 9.48. The van der Waals surface area contributed by atoms with E-state index in [9.17, 15) is 0 Å². The Morgan fingerprint density at radius 1 is 0.714 bits per heavy atom. The van der Waals surface area contributed by atoms with Gasteiger partial charge in [0, 0.05) is 4.75 Å². The van der Waals surface area contributed by atoms with Crippen LogP contribution in [0.3, 0.4) is 0 Å². The van der Waals surface area contributed by atoms with Gasteiger partial charge in [-0.15, -0.1) is 17.0 Å². The van der Waals surface area contributed by atoms with E-state index < -0.39 is 0 Å². The molecule has 0 aromatic heterocycles. The summed E-state index contributed by atoms with van der Waals surface area (Å²) in [6, 6.07) is 0. The lowest BCUT2D eigenvalue weighted by Crippen LogP contribution is -2.21. The fourth-order valence-corrected chi connectivity index (χ4v) is 2.77. The van der Waals surface area contributed by atoms with E-state index in [2.05, 4.69) is 40.3 Å². The van der Waals surface area contributed by atoms with Crippen LogP contribution in [0.1, 0.15) is 111 Å². The van der Waals surface area contributed by atoms with Crippen LogP contribution in [0.2, 0.25) is 0 Å². The largest absolute Gasteiger partial charge is 0.173 e. The molecule has 0 aliphatic carbocycles. The van der Waals surface area contributed by atoms with Gasteiger partial charge in [0.15, 0.2) is 0 Å². The molecular weight excluding hydrogens is 340 g/mol. The topological polar surface area (TPSA) is 0 Å². The monoisotopic (exact) mass is 380 g/mol. The SMILES string of the molecule is Br.CCCCCCCCCCCCCCC(C)C(C)(C)S. The first kappa shape index (κ1) is 24.1. The second kappa shape index (κ2) is 15.7. The van der Waals surface area contributed by atoms with E-state index in [-0.39, 0.29) is 21.7 Å². The number of hydrogen-bond donors (Lipinski definition) is 1. The Hall–Kier alpha value is 0.830. The number of rotatable bonds is 14. The van der Waals surface area contributed by atoms with E-state index in [4.69, 9.17) is 0 Å². The summed E-state index contributed by atoms with van der Waals surface area (Å²) in [6.45, 7) is 9.10. The third-order valence-electron chi connectivity index (χ3n) is 4.70. The van der Waals surface area contributed by atoms with Crippen LogP contribution in [0.5, 0.6) is 0 Å². The highest BCUT2D eigenvalue weighted by Crippen LogP contribution is 2.28. The maximum absolute atomic E-state index is 4.66. The maximum atomic E-state index is 4.66. The molecule has 1 unspecified atom stereocenters. The van der Waals surface area contributed by atoms with Gasteiger partial charge in [0.05, 0.1) is 0 Å². The highest BCUT2D eigenvalue weighted by molar-refractivity contribution is 8.93. The molecular formula is C19H41BrS. The number of thiol groups is 1. The lowest BCUT2D eigenvalue weighted by Gasteiger charge is -2.26. The van der Waals surface area contributed by atoms with Crippen molar-refractivity contribution in [3.8, 4) is 0 Å². The molecule has 0 N–H and O–H groups in total. The van der Waals surface area contributed by atoms with Gasteiger partial charge in [-0.1, -0.05) is 105 Å². The molecule has 1 atom stereocenters. The molecule has 0 spiro atoms. The van der Waals surface area contributed by atoms with Gasteiger partial charge in [0.25, 0.3) is 0 Å². The number of halogens is 1. The Bertz CT molecular complexity index is 198. The van der Waals surface area contributed by atoms with Crippen molar-refractivity contribution >= 4 is 29.6 Å². The highest BCUT2D eigenvalue weighted by Gasteiger charge is 2.19. The quantitative estimate of drug-likeness (QED) is 0.229. The van der Waals surface area contributed by atoms with E-state index in [1.807, 2.05) is 0 Å². The third kappa shape index (κ3) is 17.0. The van der Waals surface area contributed by atoms with E-state index in [0.29, 0.717) is 0 Å². The van der Waals surface area contributed by atoms with Crippen molar-refractivity contribution in [2.45, 2.75) is 116 Å². The van der Waals surface area contributed by atoms with Crippen molar-refractivity contribution in [2.24, 2.45) is 5.92 Å². The molecule has 2 heteroatoms. The Morgan fingerprint density at radius 2 is 1.05 bits per heavy atom. The van der Waals surface area contributed by atoms with Crippen LogP contribution in [0.25, 0.3) is 0 Å². The predicted molar refractivity (Wildman–Crippen MR) is 108 cm³/mol. The summed E-state index contributed by atoms with van der Waals surface area (Å²) in [6.07, 6.45) is 18.6. The van der Waals surface area contributed by atoms with Crippen molar-refractivity contribution in [2.75, 3.05) is 0 Å². The van der Waals surface area contributed by atoms with Gasteiger partial charge < -0.3 is 0 Å². The fraction of sp³-hybridized carbons (Fsp3) is 1.00. The number of unbranched alkanes of at least 4 members (excludes halogenated alkanes) is 11. The summed E-state index contributed by atoms with van der Waals surface area (Å²) in [5, 5.41) is 0. The molecule has 0 saturated carbocycles. The summed E-state index contributed by atoms with van der Waals surface area (Å²) in [5.74, 6) is 0.731. The van der Waals surface area contributed by atoms with Crippen LogP contribution in [-0.4, -0.2) is 4.75 Å². The van der Waals surface area contributed by atoms with Crippen LogP contribution >= 0.6 is 29.6 Å². The first-order valence-corrected chi connectivity index (χ1v) is 9.65. The lowest BCUT2D eigenvalue weighted by molar-refractivity contribution is 0.409. The number of hydrogen-bond acceptors (Lipinski definition) is 1. The van der Waals surface area contributed by atoms with Crippen LogP contribution in [0, 0.1) is 5.92 Å². The molecule has 0 fully saturated rings. The summed E-state index contributed by atoms with van der Waals surface area (Å²) in [4.78, 5) is 0. The van der Waals surface area contributed by atoms with E-state index in [0.717, 1.165) is 5.92 Å². The van der Waals surface area contributed by atoms with E-state index >= 15 is 0 Å². The molecule has 0 saturated heterocycles. The van der Waals surface area contributed by atoms with E-state index in [1.54, 1.807) is 0 Å². The molecule has 0 heterocycles. The lowest BCUT2D eigenvalue weighted by atomic mass is 9.91. The van der Waals surface area contributed by atoms with E-state index in [1.165, 1.54) is 83.5 Å². The van der Waals surface area contributed by atoms with Gasteiger partial charge in [0.2, 0.25) is 0 Å². The molecule has 130 valence electrons. The van der Waals surface area contributed by atoms with Gasteiger partial charge in [-0.3, -0.25) is 0 Å². The Labute approximate surface area is 151 Å². The molecule has 21 heavy (non-hydrogen) atoms. The summed E-state index contributed by atoms with van der Waals surface area (Å²) in [5.41, 5.74) is 0. The normalized spacial score (nSPS) is 13.0. The summed E-state index contributed by atoms with van der Waals surface area (Å²) >= 11 is 4.66. The Balaban J connectivity index is 0. The smallest absolute Gasteiger partial charge is 0.00987 e. The molecule has 0 rings (SSSR count). The molecule has 0 nitrogen and oxygen atoms in total. The van der Waals surface area contributed by atoms with Crippen molar-refractivity contribution in [3.05, 3.63) is 0 Å². The summed E-state index contributed by atoms with van der Waals surface area (Å²) < 4.78 is 0.192. The zero-order valence-corrected chi connectivity index (χ0v) is 17.7. The van der Waals surface area contributed by atoms with Crippen LogP contribution < -0.4 is 0 Å². The second-order valence-electron chi connectivity index (χ2n) is 7.23. The fourth-order valence-electron chi connectivity index (χ4n) is 2.64. The van der Waals surface area contributed by atoms with Gasteiger partial charge >= 0.3 is 0 Å². The minimum Gasteiger partial charge on any atom is -0.173 e. The van der Waals surface area contributed by atoms with Gasteiger partial charge in [0.1, 0.15) is 0 Å². The van der Waals surface area contributed by atoms with Crippen molar-refractivity contribution in [3.63, 3.8) is 0 Å². The molecule has 0 amide bonds. The van der Waals surface area contributed by atoms with Crippen LogP contribution in [0.4, 0.5) is 0 Å². The second-order valence-corrected chi connectivity index (χ2v) is 8.39. The third-order valence-corrected chi connectivity index (χ3v) is 5.14. The first-order valence-electron chi connectivity index (χ1n) is 9.20. The molecule has 0 bridgehead atoms. The Morgan fingerprint density at radius 3 is 1.38 bits per heavy atom. The zero-order valence-electron chi connectivity index (χ0n) is 15.1. The minimum absolute atomic E-state index is 0. The molecule has 0 aromatic carbocycles. The van der Waals surface area contributed by atoms with Crippen molar-refractivity contribution < 1.29 is 0 Å². The average Bonchev–Trinajstić information content (AvgIpc) is 2.38. The minimum atomic E-state index is 0. The predicted octanol–water partition coefficient (Wildman–Crippen LogP) is 8.00. The van der Waals surface area contributed by atoms with Crippen molar-refractivity contribution in [1.29, 1.82) is 0 Å². The highest BCUT2D eigenvalue weighted by atomic mass is 79.9. The van der Waals surface area contributed by atoms with Gasteiger partial charge in [-0.2, -0.15) is 12.6 Å².